The third-order valence-corrected chi connectivity index (χ3v) is 5.26. The maximum atomic E-state index is 10.6. The summed E-state index contributed by atoms with van der Waals surface area (Å²) < 4.78 is 0. The highest BCUT2D eigenvalue weighted by Crippen LogP contribution is 2.29. The Balaban J connectivity index is 2.00. The van der Waals surface area contributed by atoms with Crippen molar-refractivity contribution in [2.24, 2.45) is 0 Å². The van der Waals surface area contributed by atoms with Crippen molar-refractivity contribution < 1.29 is 9.90 Å². The molecule has 0 bridgehead atoms. The summed E-state index contributed by atoms with van der Waals surface area (Å²) in [5.74, 6) is 0.496. The third kappa shape index (κ3) is 4.76. The maximum Gasteiger partial charge on any atom is 0.328 e. The topological polar surface area (TPSA) is 37.3 Å². The van der Waals surface area contributed by atoms with E-state index in [-0.39, 0.29) is 0 Å². The van der Waals surface area contributed by atoms with E-state index < -0.39 is 5.97 Å². The molecule has 1 aromatic carbocycles. The summed E-state index contributed by atoms with van der Waals surface area (Å²) in [7, 11) is 0. The van der Waals surface area contributed by atoms with E-state index in [1.165, 1.54) is 21.4 Å². The molecule has 1 heterocycles. The quantitative estimate of drug-likeness (QED) is 0.583. The molecule has 0 spiro atoms. The normalized spacial score (nSPS) is 11.4. The number of carbonyl (C=O) groups is 1. The molecule has 0 atom stereocenters. The van der Waals surface area contributed by atoms with Gasteiger partial charge in [-0.1, -0.05) is 26.0 Å². The van der Waals surface area contributed by atoms with E-state index in [2.05, 4.69) is 38.1 Å². The Morgan fingerprint density at radius 1 is 1.29 bits per heavy atom. The number of carboxylic acids is 1. The second-order valence-electron chi connectivity index (χ2n) is 4.98. The van der Waals surface area contributed by atoms with Gasteiger partial charge in [-0.3, -0.25) is 0 Å². The molecule has 0 aliphatic heterocycles. The van der Waals surface area contributed by atoms with E-state index in [1.807, 2.05) is 11.4 Å². The van der Waals surface area contributed by atoms with Crippen molar-refractivity contribution in [1.82, 2.24) is 0 Å². The molecule has 0 saturated carbocycles. The Morgan fingerprint density at radius 3 is 2.62 bits per heavy atom. The van der Waals surface area contributed by atoms with Gasteiger partial charge in [0.15, 0.2) is 0 Å². The smallest absolute Gasteiger partial charge is 0.328 e. The Hall–Kier alpha value is -1.52. The van der Waals surface area contributed by atoms with E-state index >= 15 is 0 Å². The highest BCUT2D eigenvalue weighted by molar-refractivity contribution is 7.98. The van der Waals surface area contributed by atoms with Crippen LogP contribution in [0, 0.1) is 0 Å². The lowest BCUT2D eigenvalue weighted by Crippen LogP contribution is -1.87. The Bertz CT molecular complexity index is 624. The van der Waals surface area contributed by atoms with Crippen molar-refractivity contribution in [3.05, 3.63) is 57.8 Å². The van der Waals surface area contributed by atoms with Crippen LogP contribution in [0.2, 0.25) is 0 Å². The lowest BCUT2D eigenvalue weighted by molar-refractivity contribution is -0.131. The number of hydrogen-bond acceptors (Lipinski definition) is 3. The summed E-state index contributed by atoms with van der Waals surface area (Å²) in [5, 5.41) is 10.7. The van der Waals surface area contributed by atoms with Gasteiger partial charge in [-0.05, 0) is 46.7 Å². The van der Waals surface area contributed by atoms with Crippen LogP contribution >= 0.6 is 23.1 Å². The lowest BCUT2D eigenvalue weighted by atomic mass is 10.0. The van der Waals surface area contributed by atoms with Crippen molar-refractivity contribution in [3.63, 3.8) is 0 Å². The van der Waals surface area contributed by atoms with Crippen LogP contribution in [0.15, 0.2) is 46.7 Å². The summed E-state index contributed by atoms with van der Waals surface area (Å²) in [6, 6.07) is 10.6. The first-order valence-corrected chi connectivity index (χ1v) is 8.63. The van der Waals surface area contributed by atoms with Crippen LogP contribution in [0.4, 0.5) is 0 Å². The van der Waals surface area contributed by atoms with Crippen LogP contribution in [0.5, 0.6) is 0 Å². The van der Waals surface area contributed by atoms with Gasteiger partial charge in [-0.15, -0.1) is 23.1 Å². The number of carboxylic acid groups (broad SMARTS) is 1. The fraction of sp³-hybridized carbons (Fsp3) is 0.235. The molecular formula is C17H18O2S2. The number of thioether (sulfide) groups is 1. The molecule has 2 rings (SSSR count). The second-order valence-corrected chi connectivity index (χ2v) is 7.03. The summed E-state index contributed by atoms with van der Waals surface area (Å²) in [6.45, 7) is 4.38. The van der Waals surface area contributed by atoms with E-state index in [9.17, 15) is 4.79 Å². The summed E-state index contributed by atoms with van der Waals surface area (Å²) in [4.78, 5) is 13.0. The first-order chi connectivity index (χ1) is 10.1. The summed E-state index contributed by atoms with van der Waals surface area (Å²) in [6.07, 6.45) is 2.85. The van der Waals surface area contributed by atoms with Gasteiger partial charge in [0.25, 0.3) is 0 Å². The second kappa shape index (κ2) is 7.48. The van der Waals surface area contributed by atoms with E-state index in [4.69, 9.17) is 5.11 Å². The van der Waals surface area contributed by atoms with Crippen LogP contribution in [0.1, 0.15) is 35.8 Å². The fourth-order valence-corrected chi connectivity index (χ4v) is 3.77. The molecule has 1 N–H and O–H groups in total. The van der Waals surface area contributed by atoms with Gasteiger partial charge in [0.1, 0.15) is 0 Å². The fourth-order valence-electron chi connectivity index (χ4n) is 1.88. The van der Waals surface area contributed by atoms with E-state index in [0.29, 0.717) is 5.92 Å². The highest BCUT2D eigenvalue weighted by atomic mass is 32.2. The zero-order valence-electron chi connectivity index (χ0n) is 12.1. The van der Waals surface area contributed by atoms with Crippen LogP contribution in [0.25, 0.3) is 6.08 Å². The standard InChI is InChI=1S/C17H18O2S2/c1-12(2)13-3-6-15(7-4-13)21-11-16-14(9-10-20-16)5-8-17(18)19/h3-10,12H,11H2,1-2H3,(H,18,19). The number of rotatable bonds is 6. The molecule has 1 aromatic heterocycles. The molecule has 0 unspecified atom stereocenters. The SMILES string of the molecule is CC(C)c1ccc(SCc2sccc2C=CC(=O)O)cc1. The monoisotopic (exact) mass is 318 g/mol. The molecule has 0 amide bonds. The minimum Gasteiger partial charge on any atom is -0.478 e. The van der Waals surface area contributed by atoms with E-state index in [0.717, 1.165) is 11.3 Å². The molecule has 4 heteroatoms. The van der Waals surface area contributed by atoms with Crippen molar-refractivity contribution in [2.45, 2.75) is 30.4 Å². The van der Waals surface area contributed by atoms with Crippen molar-refractivity contribution in [2.75, 3.05) is 0 Å². The lowest BCUT2D eigenvalue weighted by Gasteiger charge is -2.06. The predicted octanol–water partition coefficient (Wildman–Crippen LogP) is 5.26. The van der Waals surface area contributed by atoms with Gasteiger partial charge in [-0.2, -0.15) is 0 Å². The molecule has 0 aliphatic rings. The first kappa shape index (κ1) is 15.9. The Labute approximate surface area is 133 Å². The van der Waals surface area contributed by atoms with Crippen LogP contribution in [-0.2, 0) is 10.5 Å². The zero-order chi connectivity index (χ0) is 15.2. The van der Waals surface area contributed by atoms with Gasteiger partial charge >= 0.3 is 5.97 Å². The zero-order valence-corrected chi connectivity index (χ0v) is 13.7. The molecule has 21 heavy (non-hydrogen) atoms. The molecular weight excluding hydrogens is 300 g/mol. The number of benzene rings is 1. The van der Waals surface area contributed by atoms with Gasteiger partial charge < -0.3 is 5.11 Å². The minimum absolute atomic E-state index is 0.550. The molecule has 0 fully saturated rings. The Kier molecular flexibility index (Phi) is 5.65. The van der Waals surface area contributed by atoms with Crippen molar-refractivity contribution in [3.8, 4) is 0 Å². The van der Waals surface area contributed by atoms with Crippen molar-refractivity contribution in [1.29, 1.82) is 0 Å². The van der Waals surface area contributed by atoms with E-state index in [1.54, 1.807) is 29.2 Å². The molecule has 2 nitrogen and oxygen atoms in total. The van der Waals surface area contributed by atoms with Gasteiger partial charge in [0, 0.05) is 21.6 Å². The molecule has 0 saturated heterocycles. The number of hydrogen-bond donors (Lipinski definition) is 1. The molecule has 2 aromatic rings. The first-order valence-electron chi connectivity index (χ1n) is 6.76. The van der Waals surface area contributed by atoms with Crippen LogP contribution < -0.4 is 0 Å². The predicted molar refractivity (Wildman–Crippen MR) is 91.1 cm³/mol. The number of thiophene rings is 1. The van der Waals surface area contributed by atoms with Gasteiger partial charge in [0.05, 0.1) is 0 Å². The number of aliphatic carboxylic acids is 1. The highest BCUT2D eigenvalue weighted by Gasteiger charge is 2.04. The Morgan fingerprint density at radius 2 is 2.00 bits per heavy atom. The molecule has 0 aliphatic carbocycles. The van der Waals surface area contributed by atoms with Gasteiger partial charge in [0.2, 0.25) is 0 Å². The van der Waals surface area contributed by atoms with Gasteiger partial charge in [-0.25, -0.2) is 4.79 Å². The minimum atomic E-state index is -0.913. The summed E-state index contributed by atoms with van der Waals surface area (Å²) in [5.41, 5.74) is 2.34. The van der Waals surface area contributed by atoms with Crippen molar-refractivity contribution >= 4 is 35.1 Å². The largest absolute Gasteiger partial charge is 0.478 e. The average molecular weight is 318 g/mol. The maximum absolute atomic E-state index is 10.6. The average Bonchev–Trinajstić information content (AvgIpc) is 2.90. The third-order valence-electron chi connectivity index (χ3n) is 3.10. The molecule has 110 valence electrons. The molecule has 0 radical (unpaired) electrons. The van der Waals surface area contributed by atoms with Crippen LogP contribution in [0.3, 0.4) is 0 Å². The summed E-state index contributed by atoms with van der Waals surface area (Å²) >= 11 is 3.44. The van der Waals surface area contributed by atoms with Crippen LogP contribution in [-0.4, -0.2) is 11.1 Å².